The average Bonchev–Trinajstić information content (AvgIpc) is 2.36. The molecule has 1 heterocycles. The predicted molar refractivity (Wildman–Crippen MR) is 77.8 cm³/mol. The summed E-state index contributed by atoms with van der Waals surface area (Å²) in [7, 11) is 0. The zero-order chi connectivity index (χ0) is 13.8. The highest BCUT2D eigenvalue weighted by molar-refractivity contribution is 9.10. The van der Waals surface area contributed by atoms with Gasteiger partial charge in [-0.25, -0.2) is 0 Å². The molecule has 1 fully saturated rings. The third kappa shape index (κ3) is 3.83. The van der Waals surface area contributed by atoms with Crippen LogP contribution < -0.4 is 16.6 Å². The molecule has 1 saturated carbocycles. The Kier molecular flexibility index (Phi) is 4.63. The summed E-state index contributed by atoms with van der Waals surface area (Å²) in [4.78, 5) is 23.8. The summed E-state index contributed by atoms with van der Waals surface area (Å²) in [5, 5.41) is 2.98. The molecule has 2 rings (SSSR count). The van der Waals surface area contributed by atoms with E-state index in [1.54, 1.807) is 0 Å². The second-order valence-electron chi connectivity index (χ2n) is 4.96. The number of anilines is 1. The van der Waals surface area contributed by atoms with Crippen LogP contribution in [-0.4, -0.2) is 16.5 Å². The van der Waals surface area contributed by atoms with Gasteiger partial charge in [0.2, 0.25) is 5.91 Å². The number of amides is 1. The number of nitrogens with one attached hydrogen (secondary N) is 1. The van der Waals surface area contributed by atoms with Crippen molar-refractivity contribution >= 4 is 27.5 Å². The summed E-state index contributed by atoms with van der Waals surface area (Å²) in [5.41, 5.74) is 5.88. The molecule has 1 aromatic heterocycles. The van der Waals surface area contributed by atoms with E-state index in [4.69, 9.17) is 5.73 Å². The molecule has 1 aliphatic rings. The van der Waals surface area contributed by atoms with Gasteiger partial charge in [-0.2, -0.15) is 0 Å². The number of hydrogen-bond acceptors (Lipinski definition) is 3. The number of pyridine rings is 1. The lowest BCUT2D eigenvalue weighted by Gasteiger charge is -2.22. The van der Waals surface area contributed by atoms with Crippen molar-refractivity contribution in [1.29, 1.82) is 0 Å². The minimum atomic E-state index is -0.243. The number of carbonyl (C=O) groups excluding carboxylic acids is 1. The molecule has 0 atom stereocenters. The third-order valence-corrected chi connectivity index (χ3v) is 3.92. The van der Waals surface area contributed by atoms with Crippen molar-refractivity contribution in [2.75, 3.05) is 5.73 Å². The Morgan fingerprint density at radius 1 is 1.42 bits per heavy atom. The van der Waals surface area contributed by atoms with Gasteiger partial charge in [-0.05, 0) is 34.8 Å². The fraction of sp³-hybridized carbons (Fsp3) is 0.538. The van der Waals surface area contributed by atoms with Crippen molar-refractivity contribution in [2.45, 2.75) is 44.7 Å². The predicted octanol–water partition coefficient (Wildman–Crippen LogP) is 1.64. The number of nitrogens with two attached hydrogens (primary N) is 1. The van der Waals surface area contributed by atoms with Gasteiger partial charge in [0.1, 0.15) is 6.54 Å². The van der Waals surface area contributed by atoms with Gasteiger partial charge < -0.3 is 15.6 Å². The molecule has 0 aromatic carbocycles. The highest BCUT2D eigenvalue weighted by Gasteiger charge is 2.16. The standard InChI is InChI=1S/C13H18BrN3O2/c14-11-6-9(15)7-17(13(11)19)8-12(18)16-10-4-2-1-3-5-10/h6-7,10H,1-5,8,15H2,(H,16,18). The second-order valence-corrected chi connectivity index (χ2v) is 5.81. The minimum absolute atomic E-state index is 0.0129. The molecule has 1 amide bonds. The Labute approximate surface area is 120 Å². The normalized spacial score (nSPS) is 16.3. The number of aromatic nitrogens is 1. The van der Waals surface area contributed by atoms with Gasteiger partial charge in [-0.15, -0.1) is 0 Å². The van der Waals surface area contributed by atoms with E-state index in [1.165, 1.54) is 23.3 Å². The maximum atomic E-state index is 11.9. The molecule has 5 nitrogen and oxygen atoms in total. The molecular weight excluding hydrogens is 310 g/mol. The van der Waals surface area contributed by atoms with Crippen LogP contribution in [-0.2, 0) is 11.3 Å². The maximum Gasteiger partial charge on any atom is 0.265 e. The Hall–Kier alpha value is -1.30. The SMILES string of the molecule is Nc1cc(Br)c(=O)n(CC(=O)NC2CCCCC2)c1. The Morgan fingerprint density at radius 2 is 2.11 bits per heavy atom. The van der Waals surface area contributed by atoms with Crippen LogP contribution in [0, 0.1) is 0 Å². The van der Waals surface area contributed by atoms with E-state index in [-0.39, 0.29) is 24.1 Å². The van der Waals surface area contributed by atoms with E-state index in [9.17, 15) is 9.59 Å². The molecule has 0 bridgehead atoms. The molecule has 1 aliphatic carbocycles. The Bertz CT molecular complexity index is 521. The van der Waals surface area contributed by atoms with Gasteiger partial charge in [0, 0.05) is 17.9 Å². The van der Waals surface area contributed by atoms with E-state index in [0.717, 1.165) is 25.7 Å². The van der Waals surface area contributed by atoms with Crippen molar-refractivity contribution in [1.82, 2.24) is 9.88 Å². The minimum Gasteiger partial charge on any atom is -0.398 e. The van der Waals surface area contributed by atoms with Gasteiger partial charge in [-0.1, -0.05) is 19.3 Å². The van der Waals surface area contributed by atoms with Gasteiger partial charge in [-0.3, -0.25) is 9.59 Å². The van der Waals surface area contributed by atoms with Gasteiger partial charge in [0.25, 0.3) is 5.56 Å². The van der Waals surface area contributed by atoms with E-state index in [0.29, 0.717) is 10.2 Å². The van der Waals surface area contributed by atoms with Crippen LogP contribution in [0.1, 0.15) is 32.1 Å². The third-order valence-electron chi connectivity index (χ3n) is 3.35. The fourth-order valence-corrected chi connectivity index (χ4v) is 2.91. The van der Waals surface area contributed by atoms with E-state index < -0.39 is 0 Å². The molecule has 0 saturated heterocycles. The lowest BCUT2D eigenvalue weighted by atomic mass is 9.95. The Balaban J connectivity index is 2.00. The van der Waals surface area contributed by atoms with Crippen LogP contribution in [0.3, 0.4) is 0 Å². The maximum absolute atomic E-state index is 11.9. The molecule has 0 aliphatic heterocycles. The molecule has 19 heavy (non-hydrogen) atoms. The van der Waals surface area contributed by atoms with E-state index in [2.05, 4.69) is 21.2 Å². The zero-order valence-corrected chi connectivity index (χ0v) is 12.3. The van der Waals surface area contributed by atoms with Crippen molar-refractivity contribution < 1.29 is 4.79 Å². The number of rotatable bonds is 3. The van der Waals surface area contributed by atoms with Crippen LogP contribution in [0.2, 0.25) is 0 Å². The first-order valence-electron chi connectivity index (χ1n) is 6.51. The Morgan fingerprint density at radius 3 is 2.79 bits per heavy atom. The first-order chi connectivity index (χ1) is 9.06. The van der Waals surface area contributed by atoms with Crippen LogP contribution >= 0.6 is 15.9 Å². The van der Waals surface area contributed by atoms with Crippen LogP contribution in [0.25, 0.3) is 0 Å². The topological polar surface area (TPSA) is 77.1 Å². The molecule has 6 heteroatoms. The second kappa shape index (κ2) is 6.23. The van der Waals surface area contributed by atoms with E-state index >= 15 is 0 Å². The van der Waals surface area contributed by atoms with Crippen molar-refractivity contribution in [2.24, 2.45) is 0 Å². The zero-order valence-electron chi connectivity index (χ0n) is 10.7. The van der Waals surface area contributed by atoms with Crippen molar-refractivity contribution in [3.63, 3.8) is 0 Å². The summed E-state index contributed by atoms with van der Waals surface area (Å²) in [5.74, 6) is -0.133. The largest absolute Gasteiger partial charge is 0.398 e. The summed E-state index contributed by atoms with van der Waals surface area (Å²) < 4.78 is 1.70. The van der Waals surface area contributed by atoms with Gasteiger partial charge >= 0.3 is 0 Å². The number of hydrogen-bond donors (Lipinski definition) is 2. The fourth-order valence-electron chi connectivity index (χ4n) is 2.41. The molecule has 0 spiro atoms. The highest BCUT2D eigenvalue weighted by atomic mass is 79.9. The first-order valence-corrected chi connectivity index (χ1v) is 7.30. The number of nitrogen functional groups attached to an aromatic ring is 1. The monoisotopic (exact) mass is 327 g/mol. The van der Waals surface area contributed by atoms with Crippen molar-refractivity contribution in [3.05, 3.63) is 27.1 Å². The molecule has 104 valence electrons. The van der Waals surface area contributed by atoms with Gasteiger partial charge in [0.15, 0.2) is 0 Å². The highest BCUT2D eigenvalue weighted by Crippen LogP contribution is 2.17. The summed E-state index contributed by atoms with van der Waals surface area (Å²) in [6, 6.07) is 1.79. The molecule has 0 radical (unpaired) electrons. The van der Waals surface area contributed by atoms with Gasteiger partial charge in [0.05, 0.1) is 4.47 Å². The number of nitrogens with zero attached hydrogens (tertiary/aromatic N) is 1. The molecule has 0 unspecified atom stereocenters. The molecular formula is C13H18BrN3O2. The quantitative estimate of drug-likeness (QED) is 0.886. The number of carbonyl (C=O) groups is 1. The van der Waals surface area contributed by atoms with E-state index in [1.807, 2.05) is 0 Å². The molecule has 3 N–H and O–H groups in total. The first kappa shape index (κ1) is 14.1. The van der Waals surface area contributed by atoms with Crippen molar-refractivity contribution in [3.8, 4) is 0 Å². The number of halogens is 1. The lowest BCUT2D eigenvalue weighted by Crippen LogP contribution is -2.39. The summed E-state index contributed by atoms with van der Waals surface area (Å²) in [6.07, 6.45) is 7.12. The average molecular weight is 328 g/mol. The smallest absolute Gasteiger partial charge is 0.265 e. The summed E-state index contributed by atoms with van der Waals surface area (Å²) >= 11 is 3.14. The molecule has 1 aromatic rings. The van der Waals surface area contributed by atoms with Crippen LogP contribution in [0.4, 0.5) is 5.69 Å². The lowest BCUT2D eigenvalue weighted by molar-refractivity contribution is -0.122. The van der Waals surface area contributed by atoms with Crippen LogP contribution in [0.15, 0.2) is 21.5 Å². The van der Waals surface area contributed by atoms with Crippen LogP contribution in [0.5, 0.6) is 0 Å². The summed E-state index contributed by atoms with van der Waals surface area (Å²) in [6.45, 7) is 0.0129.